The van der Waals surface area contributed by atoms with Gasteiger partial charge in [0, 0.05) is 6.04 Å². The van der Waals surface area contributed by atoms with Gasteiger partial charge in [-0.25, -0.2) is 21.6 Å². The summed E-state index contributed by atoms with van der Waals surface area (Å²) in [7, 11) is -8.53. The van der Waals surface area contributed by atoms with Crippen molar-refractivity contribution in [3.8, 4) is 0 Å². The normalized spacial score (nSPS) is 23.1. The Morgan fingerprint density at radius 3 is 2.04 bits per heavy atom. The molecule has 1 aliphatic rings. The minimum atomic E-state index is -4.72. The lowest BCUT2D eigenvalue weighted by molar-refractivity contribution is 0.234. The third-order valence-corrected chi connectivity index (χ3v) is 7.02. The summed E-state index contributed by atoms with van der Waals surface area (Å²) in [5.41, 5.74) is 0. The zero-order valence-electron chi connectivity index (χ0n) is 12.6. The molecular formula is C14H19F2NO4S2. The summed E-state index contributed by atoms with van der Waals surface area (Å²) in [5.74, 6) is -3.32. The first kappa shape index (κ1) is 18.3. The van der Waals surface area contributed by atoms with E-state index in [0.29, 0.717) is 0 Å². The number of alkyl halides is 2. The van der Waals surface area contributed by atoms with E-state index in [1.165, 1.54) is 0 Å². The molecule has 1 aliphatic carbocycles. The van der Waals surface area contributed by atoms with Crippen molar-refractivity contribution in [1.82, 2.24) is 4.72 Å². The van der Waals surface area contributed by atoms with Crippen molar-refractivity contribution in [2.24, 2.45) is 5.92 Å². The highest BCUT2D eigenvalue weighted by Gasteiger charge is 2.29. The number of sulfonamides is 1. The number of hydrogen-bond donors (Lipinski definition) is 1. The van der Waals surface area contributed by atoms with Crippen molar-refractivity contribution in [1.29, 1.82) is 0 Å². The summed E-state index contributed by atoms with van der Waals surface area (Å²) in [6.45, 7) is 1.98. The average molecular weight is 367 g/mol. The quantitative estimate of drug-likeness (QED) is 0.867. The molecule has 1 saturated carbocycles. The predicted molar refractivity (Wildman–Crippen MR) is 81.4 cm³/mol. The Morgan fingerprint density at radius 1 is 1.00 bits per heavy atom. The van der Waals surface area contributed by atoms with Crippen LogP contribution in [0.2, 0.25) is 0 Å². The van der Waals surface area contributed by atoms with Gasteiger partial charge in [0.25, 0.3) is 0 Å². The number of halogens is 2. The Bertz CT molecular complexity index is 745. The van der Waals surface area contributed by atoms with E-state index < -0.39 is 30.5 Å². The van der Waals surface area contributed by atoms with Crippen LogP contribution in [0.15, 0.2) is 34.1 Å². The van der Waals surface area contributed by atoms with Crippen LogP contribution in [0.5, 0.6) is 0 Å². The Hall–Kier alpha value is -1.06. The highest BCUT2D eigenvalue weighted by molar-refractivity contribution is 7.91. The molecule has 0 radical (unpaired) electrons. The summed E-state index contributed by atoms with van der Waals surface area (Å²) in [5, 5.41) is 0. The highest BCUT2D eigenvalue weighted by Crippen LogP contribution is 2.26. The third kappa shape index (κ3) is 4.07. The maximum Gasteiger partial charge on any atom is 0.341 e. The van der Waals surface area contributed by atoms with Crippen LogP contribution in [-0.2, 0) is 19.9 Å². The van der Waals surface area contributed by atoms with Crippen molar-refractivity contribution < 1.29 is 25.6 Å². The Labute approximate surface area is 135 Å². The number of sulfone groups is 1. The number of benzene rings is 1. The van der Waals surface area contributed by atoms with Gasteiger partial charge >= 0.3 is 5.76 Å². The molecule has 1 aromatic rings. The SMILES string of the molecule is C[C@H]1CCCC[C@H]1NS(=O)(=O)c1ccc(S(=O)(=O)C(F)F)cc1. The first-order valence-corrected chi connectivity index (χ1v) is 10.3. The molecule has 1 fully saturated rings. The van der Waals surface area contributed by atoms with Crippen LogP contribution in [-0.4, -0.2) is 28.6 Å². The second kappa shape index (κ2) is 6.82. The number of hydrogen-bond acceptors (Lipinski definition) is 4. The van der Waals surface area contributed by atoms with Gasteiger partial charge in [0.2, 0.25) is 19.9 Å². The van der Waals surface area contributed by atoms with Crippen molar-refractivity contribution in [2.75, 3.05) is 0 Å². The Balaban J connectivity index is 2.21. The zero-order valence-corrected chi connectivity index (χ0v) is 14.2. The van der Waals surface area contributed by atoms with Crippen LogP contribution >= 0.6 is 0 Å². The number of nitrogens with one attached hydrogen (secondary N) is 1. The monoisotopic (exact) mass is 367 g/mol. The highest BCUT2D eigenvalue weighted by atomic mass is 32.2. The molecule has 2 atom stereocenters. The van der Waals surface area contributed by atoms with Crippen molar-refractivity contribution in [3.63, 3.8) is 0 Å². The summed E-state index contributed by atoms with van der Waals surface area (Å²) in [6.07, 6.45) is 3.71. The molecule has 0 saturated heterocycles. The first-order valence-electron chi connectivity index (χ1n) is 7.29. The molecule has 0 amide bonds. The Kier molecular flexibility index (Phi) is 5.42. The van der Waals surface area contributed by atoms with Gasteiger partial charge in [-0.15, -0.1) is 0 Å². The first-order chi connectivity index (χ1) is 10.6. The van der Waals surface area contributed by atoms with Gasteiger partial charge in [0.1, 0.15) is 0 Å². The van der Waals surface area contributed by atoms with Crippen molar-refractivity contribution in [3.05, 3.63) is 24.3 Å². The largest absolute Gasteiger partial charge is 0.341 e. The lowest BCUT2D eigenvalue weighted by atomic mass is 9.87. The minimum Gasteiger partial charge on any atom is -0.218 e. The predicted octanol–water partition coefficient (Wildman–Crippen LogP) is 2.54. The minimum absolute atomic E-state index is 0.136. The summed E-state index contributed by atoms with van der Waals surface area (Å²) < 4.78 is 74.9. The van der Waals surface area contributed by atoms with Crippen LogP contribution in [0.25, 0.3) is 0 Å². The average Bonchev–Trinajstić information content (AvgIpc) is 2.49. The number of rotatable bonds is 5. The fraction of sp³-hybridized carbons (Fsp3) is 0.571. The summed E-state index contributed by atoms with van der Waals surface area (Å²) >= 11 is 0. The molecule has 130 valence electrons. The molecule has 1 N–H and O–H groups in total. The van der Waals surface area contributed by atoms with Gasteiger partial charge < -0.3 is 0 Å². The van der Waals surface area contributed by atoms with E-state index in [9.17, 15) is 25.6 Å². The smallest absolute Gasteiger partial charge is 0.218 e. The molecule has 5 nitrogen and oxygen atoms in total. The van der Waals surface area contributed by atoms with Crippen LogP contribution in [0.4, 0.5) is 8.78 Å². The van der Waals surface area contributed by atoms with Gasteiger partial charge in [-0.1, -0.05) is 19.8 Å². The third-order valence-electron chi connectivity index (χ3n) is 4.12. The molecule has 0 spiro atoms. The fourth-order valence-electron chi connectivity index (χ4n) is 2.67. The second-order valence-corrected chi connectivity index (χ2v) is 9.40. The van der Waals surface area contributed by atoms with E-state index in [4.69, 9.17) is 0 Å². The van der Waals surface area contributed by atoms with Crippen molar-refractivity contribution >= 4 is 19.9 Å². The van der Waals surface area contributed by atoms with Gasteiger partial charge in [-0.3, -0.25) is 0 Å². The van der Waals surface area contributed by atoms with Crippen LogP contribution in [0, 0.1) is 5.92 Å². The van der Waals surface area contributed by atoms with Crippen LogP contribution < -0.4 is 4.72 Å². The molecule has 1 aromatic carbocycles. The molecule has 0 unspecified atom stereocenters. The maximum atomic E-state index is 12.5. The van der Waals surface area contributed by atoms with Gasteiger partial charge in [0.05, 0.1) is 9.79 Å². The molecule has 0 bridgehead atoms. The second-order valence-electron chi connectivity index (χ2n) is 5.77. The molecular weight excluding hydrogens is 348 g/mol. The van der Waals surface area contributed by atoms with Crippen molar-refractivity contribution in [2.45, 2.75) is 54.2 Å². The topological polar surface area (TPSA) is 80.3 Å². The van der Waals surface area contributed by atoms with Crippen LogP contribution in [0.3, 0.4) is 0 Å². The van der Waals surface area contributed by atoms with E-state index in [1.54, 1.807) is 0 Å². The van der Waals surface area contributed by atoms with Gasteiger partial charge in [-0.05, 0) is 43.0 Å². The Morgan fingerprint density at radius 2 is 1.52 bits per heavy atom. The van der Waals surface area contributed by atoms with Gasteiger partial charge in [-0.2, -0.15) is 8.78 Å². The molecule has 9 heteroatoms. The molecule has 2 rings (SSSR count). The lowest BCUT2D eigenvalue weighted by Gasteiger charge is -2.29. The fourth-order valence-corrected chi connectivity index (χ4v) is 4.77. The van der Waals surface area contributed by atoms with E-state index in [2.05, 4.69) is 4.72 Å². The molecule has 23 heavy (non-hydrogen) atoms. The molecule has 0 aliphatic heterocycles. The van der Waals surface area contributed by atoms with E-state index >= 15 is 0 Å². The molecule has 0 heterocycles. The van der Waals surface area contributed by atoms with E-state index in [0.717, 1.165) is 49.9 Å². The molecule has 0 aromatic heterocycles. The van der Waals surface area contributed by atoms with E-state index in [1.807, 2.05) is 6.92 Å². The van der Waals surface area contributed by atoms with Gasteiger partial charge in [0.15, 0.2) is 0 Å². The summed E-state index contributed by atoms with van der Waals surface area (Å²) in [6, 6.07) is 3.68. The standard InChI is InChI=1S/C14H19F2NO4S2/c1-10-4-2-3-5-13(10)17-23(20,21)12-8-6-11(7-9-12)22(18,19)14(15)16/h6-10,13-14,17H,2-5H2,1H3/t10-,13+/m0/s1. The van der Waals surface area contributed by atoms with E-state index in [-0.39, 0.29) is 16.9 Å². The zero-order chi connectivity index (χ0) is 17.3. The maximum absolute atomic E-state index is 12.5. The summed E-state index contributed by atoms with van der Waals surface area (Å²) in [4.78, 5) is -0.735. The van der Waals surface area contributed by atoms with Crippen LogP contribution in [0.1, 0.15) is 32.6 Å². The lowest BCUT2D eigenvalue weighted by Crippen LogP contribution is -2.40.